The summed E-state index contributed by atoms with van der Waals surface area (Å²) in [6.07, 6.45) is 2.73. The van der Waals surface area contributed by atoms with Gasteiger partial charge in [-0.1, -0.05) is 13.3 Å². The van der Waals surface area contributed by atoms with Crippen molar-refractivity contribution in [2.45, 2.75) is 40.5 Å². The molecule has 0 atom stereocenters. The van der Waals surface area contributed by atoms with Gasteiger partial charge in [0.1, 0.15) is 0 Å². The zero-order valence-corrected chi connectivity index (χ0v) is 13.1. The monoisotopic (exact) mass is 263 g/mol. The van der Waals surface area contributed by atoms with E-state index in [0.717, 1.165) is 0 Å². The molecule has 1 aliphatic rings. The largest absolute Gasteiger partial charge is 0.484 e. The third-order valence-electron chi connectivity index (χ3n) is 2.28. The van der Waals surface area contributed by atoms with Crippen molar-refractivity contribution >= 4 is 9.53 Å². The van der Waals surface area contributed by atoms with Crippen LogP contribution in [0.3, 0.4) is 0 Å². The second-order valence-electron chi connectivity index (χ2n) is 3.85. The van der Waals surface area contributed by atoms with Crippen LogP contribution in [0, 0.1) is 0 Å². The van der Waals surface area contributed by atoms with Gasteiger partial charge in [0.15, 0.2) is 0 Å². The molecule has 17 heavy (non-hydrogen) atoms. The van der Waals surface area contributed by atoms with Gasteiger partial charge in [0.2, 0.25) is 0 Å². The van der Waals surface area contributed by atoms with E-state index in [1.807, 2.05) is 20.8 Å². The smallest absolute Gasteiger partial charge is 0.376 e. The quantitative estimate of drug-likeness (QED) is 0.470. The van der Waals surface area contributed by atoms with Gasteiger partial charge >= 0.3 is 9.53 Å². The van der Waals surface area contributed by atoms with Crippen LogP contribution >= 0.6 is 0 Å². The Morgan fingerprint density at radius 2 is 1.35 bits per heavy atom. The lowest BCUT2D eigenvalue weighted by Gasteiger charge is -2.12. The van der Waals surface area contributed by atoms with Gasteiger partial charge in [-0.15, -0.1) is 0 Å². The summed E-state index contributed by atoms with van der Waals surface area (Å²) in [4.78, 5) is 2.46. The van der Waals surface area contributed by atoms with E-state index >= 15 is 0 Å². The Morgan fingerprint density at radius 3 is 1.65 bits per heavy atom. The van der Waals surface area contributed by atoms with E-state index in [4.69, 9.17) is 13.3 Å². The third-order valence-corrected chi connectivity index (χ3v) is 4.09. The molecular weight excluding hydrogens is 234 g/mol. The molecule has 0 unspecified atom stereocenters. The molecule has 104 valence electrons. The van der Waals surface area contributed by atoms with E-state index in [1.165, 1.54) is 32.5 Å². The maximum atomic E-state index is 5.22. The van der Waals surface area contributed by atoms with Crippen LogP contribution in [0.1, 0.15) is 40.5 Å². The summed E-state index contributed by atoms with van der Waals surface area (Å²) < 4.78 is 15.7. The fourth-order valence-electron chi connectivity index (χ4n) is 1.23. The first-order valence-electron chi connectivity index (χ1n) is 6.85. The van der Waals surface area contributed by atoms with Gasteiger partial charge in [0.25, 0.3) is 0 Å². The zero-order valence-electron chi connectivity index (χ0n) is 11.9. The van der Waals surface area contributed by atoms with Gasteiger partial charge in [0.05, 0.1) is 0 Å². The summed E-state index contributed by atoms with van der Waals surface area (Å²) in [5.74, 6) is 0. The first kappa shape index (κ1) is 17.1. The van der Waals surface area contributed by atoms with E-state index in [9.17, 15) is 0 Å². The van der Waals surface area contributed by atoms with E-state index in [1.54, 1.807) is 0 Å². The Morgan fingerprint density at radius 1 is 0.882 bits per heavy atom. The Hall–Kier alpha value is 0.0569. The number of hydrogen-bond acceptors (Lipinski definition) is 4. The third kappa shape index (κ3) is 12.3. The van der Waals surface area contributed by atoms with Gasteiger partial charge in [0, 0.05) is 32.9 Å². The normalized spacial score (nSPS) is 14.6. The van der Waals surface area contributed by atoms with Gasteiger partial charge in [-0.3, -0.25) is 0 Å². The van der Waals surface area contributed by atoms with Crippen LogP contribution in [-0.4, -0.2) is 53.9 Å². The molecule has 0 saturated carbocycles. The van der Waals surface area contributed by atoms with Crippen LogP contribution in [-0.2, 0) is 13.3 Å². The van der Waals surface area contributed by atoms with Crippen molar-refractivity contribution in [3.8, 4) is 0 Å². The van der Waals surface area contributed by atoms with E-state index < -0.39 is 9.53 Å². The van der Waals surface area contributed by atoms with Crippen molar-refractivity contribution in [1.29, 1.82) is 0 Å². The molecule has 1 fully saturated rings. The molecule has 0 aromatic rings. The topological polar surface area (TPSA) is 30.7 Å². The summed E-state index contributed by atoms with van der Waals surface area (Å²) in [5, 5.41) is 0. The van der Waals surface area contributed by atoms with Crippen molar-refractivity contribution in [3.63, 3.8) is 0 Å². The molecule has 1 aliphatic heterocycles. The number of hydrogen-bond donors (Lipinski definition) is 0. The van der Waals surface area contributed by atoms with Crippen LogP contribution in [0.4, 0.5) is 0 Å². The molecule has 0 aromatic heterocycles. The molecule has 0 aromatic carbocycles. The SMILES string of the molecule is CCCCN1CC1.CCO[SiH](OCC)OCC. The van der Waals surface area contributed by atoms with E-state index in [-0.39, 0.29) is 0 Å². The lowest BCUT2D eigenvalue weighted by molar-refractivity contribution is 0.107. The highest BCUT2D eigenvalue weighted by molar-refractivity contribution is 6.36. The van der Waals surface area contributed by atoms with Crippen molar-refractivity contribution in [1.82, 2.24) is 4.90 Å². The van der Waals surface area contributed by atoms with Crippen LogP contribution in [0.15, 0.2) is 0 Å². The van der Waals surface area contributed by atoms with Gasteiger partial charge < -0.3 is 18.2 Å². The second-order valence-corrected chi connectivity index (χ2v) is 5.43. The molecule has 0 spiro atoms. The summed E-state index contributed by atoms with van der Waals surface area (Å²) in [7, 11) is -1.73. The molecule has 1 rings (SSSR count). The predicted octanol–water partition coefficient (Wildman–Crippen LogP) is 1.92. The molecule has 0 amide bonds. The molecule has 0 bridgehead atoms. The average molecular weight is 263 g/mol. The molecule has 4 nitrogen and oxygen atoms in total. The van der Waals surface area contributed by atoms with E-state index in [2.05, 4.69) is 11.8 Å². The minimum absolute atomic E-state index is 0.677. The predicted molar refractivity (Wildman–Crippen MR) is 73.4 cm³/mol. The van der Waals surface area contributed by atoms with Gasteiger partial charge in [-0.2, -0.15) is 0 Å². The summed E-state index contributed by atoms with van der Waals surface area (Å²) in [6.45, 7) is 14.2. The summed E-state index contributed by atoms with van der Waals surface area (Å²) in [6, 6.07) is 0. The van der Waals surface area contributed by atoms with Crippen molar-refractivity contribution < 1.29 is 13.3 Å². The summed E-state index contributed by atoms with van der Waals surface area (Å²) >= 11 is 0. The molecule has 0 aliphatic carbocycles. The Kier molecular flexibility index (Phi) is 12.6. The highest BCUT2D eigenvalue weighted by atomic mass is 28.3. The molecule has 1 saturated heterocycles. The Labute approximate surface area is 108 Å². The second kappa shape index (κ2) is 12.5. The lowest BCUT2D eigenvalue weighted by Crippen LogP contribution is -2.27. The first-order chi connectivity index (χ1) is 8.28. The van der Waals surface area contributed by atoms with Crippen LogP contribution < -0.4 is 0 Å². The first-order valence-corrected chi connectivity index (χ1v) is 8.26. The number of unbranched alkanes of at least 4 members (excludes halogenated alkanes) is 1. The maximum Gasteiger partial charge on any atom is 0.484 e. The standard InChI is InChI=1S/C6H13N.C6H16O3Si/c1-2-3-4-7-5-6-7;1-4-7-10(8-5-2)9-6-3/h2-6H2,1H3;10H,4-6H2,1-3H3. The van der Waals surface area contributed by atoms with Gasteiger partial charge in [-0.25, -0.2) is 0 Å². The fraction of sp³-hybridized carbons (Fsp3) is 1.00. The molecule has 1 heterocycles. The van der Waals surface area contributed by atoms with E-state index in [0.29, 0.717) is 19.8 Å². The van der Waals surface area contributed by atoms with Crippen LogP contribution in [0.25, 0.3) is 0 Å². The minimum atomic E-state index is -1.73. The van der Waals surface area contributed by atoms with Crippen LogP contribution in [0.2, 0.25) is 0 Å². The van der Waals surface area contributed by atoms with Crippen molar-refractivity contribution in [3.05, 3.63) is 0 Å². The number of rotatable bonds is 9. The minimum Gasteiger partial charge on any atom is -0.376 e. The molecule has 0 N–H and O–H groups in total. The fourth-order valence-corrected chi connectivity index (χ4v) is 2.33. The Balaban J connectivity index is 0.000000318. The maximum absolute atomic E-state index is 5.22. The lowest BCUT2D eigenvalue weighted by atomic mass is 10.3. The zero-order chi connectivity index (χ0) is 12.9. The molecule has 0 radical (unpaired) electrons. The van der Waals surface area contributed by atoms with Crippen molar-refractivity contribution in [2.75, 3.05) is 39.5 Å². The van der Waals surface area contributed by atoms with Gasteiger partial charge in [-0.05, 0) is 33.7 Å². The van der Waals surface area contributed by atoms with Crippen molar-refractivity contribution in [2.24, 2.45) is 0 Å². The van der Waals surface area contributed by atoms with Crippen LogP contribution in [0.5, 0.6) is 0 Å². The molecular formula is C12H29NO3Si. The summed E-state index contributed by atoms with van der Waals surface area (Å²) in [5.41, 5.74) is 0. The average Bonchev–Trinajstić information content (AvgIpc) is 3.12. The highest BCUT2D eigenvalue weighted by Gasteiger charge is 2.14. The number of nitrogens with zero attached hydrogens (tertiary/aromatic N) is 1. The Bertz CT molecular complexity index is 142. The molecule has 5 heteroatoms. The highest BCUT2D eigenvalue weighted by Crippen LogP contribution is 2.04.